The van der Waals surface area contributed by atoms with E-state index in [1.165, 1.54) is 38.1 Å². The first-order chi connectivity index (χ1) is 45.3. The summed E-state index contributed by atoms with van der Waals surface area (Å²) < 4.78 is 5.49. The molecule has 0 saturated carbocycles. The van der Waals surface area contributed by atoms with Crippen LogP contribution in [0, 0.1) is 34.5 Å². The van der Waals surface area contributed by atoms with Crippen LogP contribution in [-0.2, 0) is 62.3 Å². The van der Waals surface area contributed by atoms with Crippen molar-refractivity contribution in [2.45, 2.75) is 240 Å². The van der Waals surface area contributed by atoms with Crippen LogP contribution >= 0.6 is 0 Å². The van der Waals surface area contributed by atoms with Gasteiger partial charge in [-0.2, -0.15) is 0 Å². The van der Waals surface area contributed by atoms with Crippen molar-refractivity contribution in [3.8, 4) is 0 Å². The number of aliphatic hydroxyl groups is 3. The lowest BCUT2D eigenvalue weighted by molar-refractivity contribution is -0.140. The molecule has 1 aliphatic rings. The smallest absolute Gasteiger partial charge is 0.408 e. The van der Waals surface area contributed by atoms with Crippen molar-refractivity contribution in [3.05, 3.63) is 35.9 Å². The molecule has 552 valence electrons. The number of rotatable bonds is 23. The number of hydrogen-bond acceptors (Lipinski definition) is 18. The zero-order valence-electron chi connectivity index (χ0n) is 59.6. The minimum Gasteiger partial charge on any atom is -0.444 e. The first-order valence-electron chi connectivity index (χ1n) is 33.2. The Morgan fingerprint density at radius 2 is 1.13 bits per heavy atom. The predicted molar refractivity (Wildman–Crippen MR) is 362 cm³/mol. The number of alkyl carbamates (subject to hydrolysis) is 1. The average Bonchev–Trinajstić information content (AvgIpc) is 0.814. The summed E-state index contributed by atoms with van der Waals surface area (Å²) in [6, 6.07) is -9.16. The van der Waals surface area contributed by atoms with E-state index < -0.39 is 210 Å². The molecule has 1 saturated heterocycles. The molecule has 32 heteroatoms. The molecule has 1 heterocycles. The van der Waals surface area contributed by atoms with E-state index in [4.69, 9.17) is 21.9 Å². The SMILES string of the molecule is CC[C@H](C)[C@@H]1NC(=O)[C@@H](CCCN=C(N)N)NC(=O)[C@H](CC(C)C)NC(=O)[C@H]([C@H](O)C(C)C)NC(=O)[C@@H](CC(=O)[C@H](CC(C)(C)C)NC(=O)[C@@H](CC(C)(C)C)NC(=O)OC(C)(C)C)[C@@H](c2ccccc2)NC(=O)[C@H](CO)NC(=O)C(CC(N)=O)NC(=O)CNC(=O)[C@H]([C@H](C)O)NC1=O. The standard InChI is InChI=1S/C66H111N15O17/c1-17-35(6)48-60(95)79-49(36(7)83)59(94)71-31-47(86)72-41(28-46(67)85)56(91)76-44(32-82)58(93)80-50(37-22-19-18-20-23-37)38(27-45(84)42(29-64(8,9)10)75-57(92)43(30-65(11,12)13)77-63(97)98-66(14,15)16)53(88)81-51(52(87)34(4)5)61(96)74-40(26-33(2)3)55(90)73-39(54(89)78-48)24-21-25-70-62(68)69/h18-20,22-23,33-36,38-44,48-52,82-83,87H,17,21,24-32H2,1-16H3,(H2,67,85)(H,71,94)(H,72,86)(H,73,90)(H,74,96)(H,75,92)(H,76,91)(H,77,97)(H,78,89)(H,79,95)(H,80,93)(H,81,88)(H4,68,69,70)/t35-,36-,38-,39+,40-,41?,42-,43+,44-,48-,49-,50+,51-,52+/m0/s1. The predicted octanol–water partition coefficient (Wildman–Crippen LogP) is -1.40. The Labute approximate surface area is 574 Å². The van der Waals surface area contributed by atoms with E-state index in [0.717, 1.165) is 6.92 Å². The first kappa shape index (κ1) is 85.6. The van der Waals surface area contributed by atoms with Crippen molar-refractivity contribution >= 4 is 82.8 Å². The summed E-state index contributed by atoms with van der Waals surface area (Å²) in [6.07, 6.45) is -6.26. The van der Waals surface area contributed by atoms with Crippen LogP contribution in [0.4, 0.5) is 4.79 Å². The number of aliphatic imine (C=N–C) groups is 1. The van der Waals surface area contributed by atoms with Gasteiger partial charge < -0.3 is 95.7 Å². The fraction of sp³-hybridized carbons (Fsp3) is 0.697. The monoisotopic (exact) mass is 1390 g/mol. The molecule has 1 aromatic rings. The summed E-state index contributed by atoms with van der Waals surface area (Å²) in [7, 11) is 0. The Hall–Kier alpha value is -8.52. The largest absolute Gasteiger partial charge is 0.444 e. The molecule has 32 nitrogen and oxygen atoms in total. The average molecular weight is 1390 g/mol. The third kappa shape index (κ3) is 30.5. The molecule has 1 unspecified atom stereocenters. The molecule has 2 rings (SSSR count). The van der Waals surface area contributed by atoms with Crippen molar-refractivity contribution in [1.82, 2.24) is 58.5 Å². The summed E-state index contributed by atoms with van der Waals surface area (Å²) in [5.74, 6) is -16.9. The van der Waals surface area contributed by atoms with Crippen LogP contribution in [-0.4, -0.2) is 190 Å². The topological polar surface area (TPSA) is 515 Å². The van der Waals surface area contributed by atoms with Crippen LogP contribution in [0.1, 0.15) is 174 Å². The molecule has 0 bridgehead atoms. The Morgan fingerprint density at radius 1 is 0.612 bits per heavy atom. The second kappa shape index (κ2) is 39.2. The van der Waals surface area contributed by atoms with Crippen LogP contribution in [0.3, 0.4) is 0 Å². The van der Waals surface area contributed by atoms with Crippen molar-refractivity contribution in [3.63, 3.8) is 0 Å². The molecule has 0 aromatic heterocycles. The summed E-state index contributed by atoms with van der Waals surface area (Å²) in [6.45, 7) is 24.3. The molecular formula is C66H111N15O17. The number of nitrogens with zero attached hydrogens (tertiary/aromatic N) is 1. The Morgan fingerprint density at radius 3 is 1.65 bits per heavy atom. The molecule has 20 N–H and O–H groups in total. The second-order valence-electron chi connectivity index (χ2n) is 29.2. The maximum absolute atomic E-state index is 15.7. The van der Waals surface area contributed by atoms with Gasteiger partial charge in [-0.15, -0.1) is 0 Å². The van der Waals surface area contributed by atoms with Crippen molar-refractivity contribution in [1.29, 1.82) is 0 Å². The van der Waals surface area contributed by atoms with Gasteiger partial charge in [-0.25, -0.2) is 4.79 Å². The highest BCUT2D eigenvalue weighted by Gasteiger charge is 2.43. The highest BCUT2D eigenvalue weighted by molar-refractivity contribution is 6.00. The summed E-state index contributed by atoms with van der Waals surface area (Å²) in [4.78, 5) is 190. The van der Waals surface area contributed by atoms with Crippen molar-refractivity contribution < 1.29 is 82.4 Å². The number of primary amides is 1. The lowest BCUT2D eigenvalue weighted by Gasteiger charge is -2.34. The number of amides is 12. The van der Waals surface area contributed by atoms with Crippen molar-refractivity contribution in [2.75, 3.05) is 19.7 Å². The van der Waals surface area contributed by atoms with Crippen LogP contribution in [0.5, 0.6) is 0 Å². The first-order valence-corrected chi connectivity index (χ1v) is 33.2. The summed E-state index contributed by atoms with van der Waals surface area (Å²) in [5.41, 5.74) is 14.4. The van der Waals surface area contributed by atoms with E-state index in [-0.39, 0.29) is 62.5 Å². The Kier molecular flexibility index (Phi) is 34.2. The molecule has 1 fully saturated rings. The zero-order valence-corrected chi connectivity index (χ0v) is 59.6. The molecular weight excluding hydrogens is 1270 g/mol. The molecule has 0 aliphatic carbocycles. The van der Waals surface area contributed by atoms with E-state index in [1.807, 2.05) is 20.8 Å². The number of carbonyl (C=O) groups is 13. The van der Waals surface area contributed by atoms with E-state index in [9.17, 15) is 63.3 Å². The van der Waals surface area contributed by atoms with Gasteiger partial charge in [0.05, 0.1) is 49.8 Å². The maximum atomic E-state index is 15.7. The van der Waals surface area contributed by atoms with E-state index in [1.54, 1.807) is 75.3 Å². The molecule has 1 aromatic carbocycles. The molecule has 14 atom stereocenters. The fourth-order valence-electron chi connectivity index (χ4n) is 10.4. The number of Topliss-reactive ketones (excluding diaryl/α,β-unsaturated/α-hetero) is 1. The number of aliphatic hydroxyl groups excluding tert-OH is 3. The van der Waals surface area contributed by atoms with Crippen LogP contribution in [0.15, 0.2) is 35.3 Å². The Bertz CT molecular complexity index is 2940. The van der Waals surface area contributed by atoms with E-state index in [0.29, 0.717) is 0 Å². The van der Waals surface area contributed by atoms with Gasteiger partial charge in [-0.1, -0.05) is 120 Å². The Balaban J connectivity index is 3.19. The van der Waals surface area contributed by atoms with Gasteiger partial charge in [-0.3, -0.25) is 62.5 Å². The quantitative estimate of drug-likeness (QED) is 0.0340. The number of ketones is 1. The number of ether oxygens (including phenoxy) is 1. The van der Waals surface area contributed by atoms with Crippen LogP contribution in [0.25, 0.3) is 0 Å². The minimum absolute atomic E-state index is 0.0410. The lowest BCUT2D eigenvalue weighted by atomic mass is 9.81. The fourth-order valence-corrected chi connectivity index (χ4v) is 10.4. The highest BCUT2D eigenvalue weighted by atomic mass is 16.6. The third-order valence-corrected chi connectivity index (χ3v) is 15.6. The van der Waals surface area contributed by atoms with E-state index >= 15 is 14.4 Å². The van der Waals surface area contributed by atoms with Gasteiger partial charge in [0.25, 0.3) is 0 Å². The maximum Gasteiger partial charge on any atom is 0.408 e. The number of hydrogen-bond donors (Lipinski definition) is 17. The summed E-state index contributed by atoms with van der Waals surface area (Å²) in [5, 5.41) is 61.3. The van der Waals surface area contributed by atoms with Gasteiger partial charge >= 0.3 is 6.09 Å². The van der Waals surface area contributed by atoms with Gasteiger partial charge in [-0.05, 0) is 93.9 Å². The number of benzene rings is 1. The molecule has 0 spiro atoms. The number of guanidine groups is 1. The number of nitrogens with one attached hydrogen (secondary N) is 11. The normalized spacial score (nSPS) is 23.7. The molecule has 0 radical (unpaired) electrons. The highest BCUT2D eigenvalue weighted by Crippen LogP contribution is 2.30. The van der Waals surface area contributed by atoms with Gasteiger partial charge in [0, 0.05) is 13.0 Å². The van der Waals surface area contributed by atoms with Crippen LogP contribution < -0.4 is 75.7 Å². The second-order valence-corrected chi connectivity index (χ2v) is 29.2. The lowest BCUT2D eigenvalue weighted by Crippen LogP contribution is -2.62. The number of carbonyl (C=O) groups excluding carboxylic acids is 13. The third-order valence-electron chi connectivity index (χ3n) is 15.6. The molecule has 12 amide bonds. The number of nitrogens with two attached hydrogens (primary N) is 3. The zero-order chi connectivity index (χ0) is 74.9. The van der Waals surface area contributed by atoms with Crippen LogP contribution in [0.2, 0.25) is 0 Å². The van der Waals surface area contributed by atoms with E-state index in [2.05, 4.69) is 63.5 Å². The minimum atomic E-state index is -2.00. The van der Waals surface area contributed by atoms with Gasteiger partial charge in [0.1, 0.15) is 53.9 Å². The van der Waals surface area contributed by atoms with Gasteiger partial charge in [0.15, 0.2) is 11.7 Å². The van der Waals surface area contributed by atoms with Crippen molar-refractivity contribution in [2.24, 2.45) is 56.7 Å². The summed E-state index contributed by atoms with van der Waals surface area (Å²) >= 11 is 0. The molecule has 98 heavy (non-hydrogen) atoms. The van der Waals surface area contributed by atoms with Gasteiger partial charge in [0.2, 0.25) is 65.0 Å². The molecule has 1 aliphatic heterocycles.